The lowest BCUT2D eigenvalue weighted by atomic mass is 10.0. The SMILES string of the molecule is O=C1NC(C(=O)[O-])=C[C@H](c2cccc(Cl)c2Cl)N1. The fourth-order valence-electron chi connectivity index (χ4n) is 1.60. The van der Waals surface area contributed by atoms with Crippen LogP contribution in [0.3, 0.4) is 0 Å². The minimum Gasteiger partial charge on any atom is -0.543 e. The Hall–Kier alpha value is -1.72. The van der Waals surface area contributed by atoms with Crippen LogP contribution in [-0.2, 0) is 4.79 Å². The third kappa shape index (κ3) is 2.42. The maximum absolute atomic E-state index is 11.3. The van der Waals surface area contributed by atoms with Crippen molar-refractivity contribution in [3.63, 3.8) is 0 Å². The van der Waals surface area contributed by atoms with E-state index in [0.29, 0.717) is 10.6 Å². The monoisotopic (exact) mass is 285 g/mol. The summed E-state index contributed by atoms with van der Waals surface area (Å²) in [5, 5.41) is 16.0. The molecule has 0 saturated heterocycles. The van der Waals surface area contributed by atoms with Crippen molar-refractivity contribution in [2.24, 2.45) is 0 Å². The number of carbonyl (C=O) groups excluding carboxylic acids is 2. The molecule has 0 spiro atoms. The zero-order chi connectivity index (χ0) is 13.3. The summed E-state index contributed by atoms with van der Waals surface area (Å²) < 4.78 is 0. The third-order valence-corrected chi connectivity index (χ3v) is 3.24. The van der Waals surface area contributed by atoms with E-state index in [1.165, 1.54) is 6.08 Å². The van der Waals surface area contributed by atoms with Gasteiger partial charge in [-0.2, -0.15) is 0 Å². The zero-order valence-corrected chi connectivity index (χ0v) is 10.4. The summed E-state index contributed by atoms with van der Waals surface area (Å²) in [6, 6.07) is 3.59. The Balaban J connectivity index is 2.44. The fourth-order valence-corrected chi connectivity index (χ4v) is 2.02. The summed E-state index contributed by atoms with van der Waals surface area (Å²) in [7, 11) is 0. The Morgan fingerprint density at radius 1 is 1.33 bits per heavy atom. The third-order valence-electron chi connectivity index (χ3n) is 2.40. The molecule has 0 radical (unpaired) electrons. The van der Waals surface area contributed by atoms with Crippen molar-refractivity contribution in [2.75, 3.05) is 0 Å². The van der Waals surface area contributed by atoms with E-state index in [4.69, 9.17) is 23.2 Å². The second-order valence-corrected chi connectivity index (χ2v) is 4.37. The van der Waals surface area contributed by atoms with E-state index >= 15 is 0 Å². The molecular weight excluding hydrogens is 279 g/mol. The molecule has 2 amide bonds. The van der Waals surface area contributed by atoms with Crippen LogP contribution in [-0.4, -0.2) is 12.0 Å². The van der Waals surface area contributed by atoms with Gasteiger partial charge in [0.15, 0.2) is 0 Å². The summed E-state index contributed by atoms with van der Waals surface area (Å²) in [6.45, 7) is 0. The lowest BCUT2D eigenvalue weighted by molar-refractivity contribution is -0.299. The van der Waals surface area contributed by atoms with Gasteiger partial charge in [-0.15, -0.1) is 0 Å². The minimum atomic E-state index is -1.46. The maximum Gasteiger partial charge on any atom is 0.320 e. The molecular formula is C11H7Cl2N2O3-. The molecule has 2 N–H and O–H groups in total. The topological polar surface area (TPSA) is 81.3 Å². The number of hydrogen-bond donors (Lipinski definition) is 2. The van der Waals surface area contributed by atoms with Gasteiger partial charge in [0.2, 0.25) is 0 Å². The van der Waals surface area contributed by atoms with Gasteiger partial charge in [-0.25, -0.2) is 4.79 Å². The van der Waals surface area contributed by atoms with Crippen molar-refractivity contribution in [3.05, 3.63) is 45.6 Å². The van der Waals surface area contributed by atoms with Gasteiger partial charge in [0.05, 0.1) is 27.8 Å². The Kier molecular flexibility index (Phi) is 3.45. The number of nitrogens with one attached hydrogen (secondary N) is 2. The molecule has 94 valence electrons. The molecule has 7 heteroatoms. The number of urea groups is 1. The molecule has 18 heavy (non-hydrogen) atoms. The van der Waals surface area contributed by atoms with Crippen LogP contribution in [0.1, 0.15) is 11.6 Å². The van der Waals surface area contributed by atoms with Crippen LogP contribution in [0.2, 0.25) is 10.0 Å². The van der Waals surface area contributed by atoms with Crippen LogP contribution in [0.25, 0.3) is 0 Å². The van der Waals surface area contributed by atoms with E-state index < -0.39 is 18.0 Å². The molecule has 0 fully saturated rings. The smallest absolute Gasteiger partial charge is 0.320 e. The maximum atomic E-state index is 11.3. The van der Waals surface area contributed by atoms with Crippen molar-refractivity contribution < 1.29 is 14.7 Å². The lowest BCUT2D eigenvalue weighted by Crippen LogP contribution is -2.46. The molecule has 1 aliphatic rings. The van der Waals surface area contributed by atoms with Gasteiger partial charge in [-0.05, 0) is 17.7 Å². The van der Waals surface area contributed by atoms with Crippen LogP contribution >= 0.6 is 23.2 Å². The number of aliphatic carboxylic acids is 1. The van der Waals surface area contributed by atoms with Crippen LogP contribution < -0.4 is 15.7 Å². The molecule has 1 heterocycles. The molecule has 0 aliphatic carbocycles. The van der Waals surface area contributed by atoms with Crippen molar-refractivity contribution >= 4 is 35.2 Å². The molecule has 1 aliphatic heterocycles. The number of hydrogen-bond acceptors (Lipinski definition) is 3. The van der Waals surface area contributed by atoms with Gasteiger partial charge in [0.25, 0.3) is 0 Å². The Morgan fingerprint density at radius 3 is 2.72 bits per heavy atom. The number of carboxylic acids is 1. The number of halogens is 2. The Morgan fingerprint density at radius 2 is 2.06 bits per heavy atom. The first-order valence-electron chi connectivity index (χ1n) is 4.93. The standard InChI is InChI=1S/C11H8Cl2N2O3/c12-6-3-1-2-5(9(6)13)7-4-8(10(16)17)15-11(18)14-7/h1-4,7H,(H,16,17)(H2,14,15,18)/p-1/t7-/m1/s1. The predicted molar refractivity (Wildman–Crippen MR) is 64.0 cm³/mol. The largest absolute Gasteiger partial charge is 0.543 e. The summed E-state index contributed by atoms with van der Waals surface area (Å²) in [6.07, 6.45) is 1.30. The average molecular weight is 286 g/mol. The second-order valence-electron chi connectivity index (χ2n) is 3.59. The first-order valence-corrected chi connectivity index (χ1v) is 5.69. The molecule has 2 rings (SSSR count). The van der Waals surface area contributed by atoms with Crippen molar-refractivity contribution in [1.82, 2.24) is 10.6 Å². The highest BCUT2D eigenvalue weighted by Crippen LogP contribution is 2.31. The summed E-state index contributed by atoms with van der Waals surface area (Å²) in [5.74, 6) is -1.46. The van der Waals surface area contributed by atoms with Crippen LogP contribution in [0.15, 0.2) is 30.0 Å². The summed E-state index contributed by atoms with van der Waals surface area (Å²) >= 11 is 11.9. The van der Waals surface area contributed by atoms with Gasteiger partial charge < -0.3 is 20.5 Å². The average Bonchev–Trinajstić information content (AvgIpc) is 2.31. The quantitative estimate of drug-likeness (QED) is 0.850. The first kappa shape index (κ1) is 12.7. The Labute approximate surface area is 112 Å². The van der Waals surface area contributed by atoms with Crippen LogP contribution in [0, 0.1) is 0 Å². The number of amides is 2. The molecule has 5 nitrogen and oxygen atoms in total. The van der Waals surface area contributed by atoms with Gasteiger partial charge in [0.1, 0.15) is 0 Å². The molecule has 1 aromatic carbocycles. The highest BCUT2D eigenvalue weighted by molar-refractivity contribution is 6.42. The number of rotatable bonds is 2. The Bertz CT molecular complexity index is 557. The van der Waals surface area contributed by atoms with Crippen molar-refractivity contribution in [2.45, 2.75) is 6.04 Å². The van der Waals surface area contributed by atoms with Crippen molar-refractivity contribution in [1.29, 1.82) is 0 Å². The predicted octanol–water partition coefficient (Wildman–Crippen LogP) is 0.981. The molecule has 0 aromatic heterocycles. The van der Waals surface area contributed by atoms with Gasteiger partial charge in [-0.1, -0.05) is 35.3 Å². The van der Waals surface area contributed by atoms with Gasteiger partial charge >= 0.3 is 6.03 Å². The number of benzene rings is 1. The highest BCUT2D eigenvalue weighted by atomic mass is 35.5. The van der Waals surface area contributed by atoms with Crippen molar-refractivity contribution in [3.8, 4) is 0 Å². The lowest BCUT2D eigenvalue weighted by Gasteiger charge is -2.25. The minimum absolute atomic E-state index is 0.264. The van der Waals surface area contributed by atoms with E-state index in [1.54, 1.807) is 18.2 Å². The van der Waals surface area contributed by atoms with Gasteiger partial charge in [-0.3, -0.25) is 0 Å². The second kappa shape index (κ2) is 4.88. The molecule has 0 saturated carbocycles. The number of carbonyl (C=O) groups is 2. The van der Waals surface area contributed by atoms with E-state index in [1.807, 2.05) is 0 Å². The van der Waals surface area contributed by atoms with E-state index in [-0.39, 0.29) is 10.7 Å². The molecule has 0 unspecified atom stereocenters. The van der Waals surface area contributed by atoms with E-state index in [9.17, 15) is 14.7 Å². The zero-order valence-electron chi connectivity index (χ0n) is 8.87. The van der Waals surface area contributed by atoms with E-state index in [2.05, 4.69) is 10.6 Å². The van der Waals surface area contributed by atoms with Gasteiger partial charge in [0, 0.05) is 0 Å². The normalized spacial score (nSPS) is 18.7. The first-order chi connectivity index (χ1) is 8.49. The molecule has 1 atom stereocenters. The van der Waals surface area contributed by atoms with Crippen LogP contribution in [0.4, 0.5) is 4.79 Å². The van der Waals surface area contributed by atoms with Crippen LogP contribution in [0.5, 0.6) is 0 Å². The fraction of sp³-hybridized carbons (Fsp3) is 0.0909. The molecule has 0 bridgehead atoms. The summed E-state index contributed by atoms with van der Waals surface area (Å²) in [5.41, 5.74) is 0.206. The highest BCUT2D eigenvalue weighted by Gasteiger charge is 2.22. The summed E-state index contributed by atoms with van der Waals surface area (Å²) in [4.78, 5) is 22.1. The van der Waals surface area contributed by atoms with E-state index in [0.717, 1.165) is 0 Å². The number of carboxylic acid groups (broad SMARTS) is 1. The molecule has 1 aromatic rings.